The smallest absolute Gasteiger partial charge is 0.396 e. The molecule has 0 bridgehead atoms. The number of nitrogens with one attached hydrogen (secondary N) is 1. The molecule has 13 heavy (non-hydrogen) atoms. The number of hydrogen-bond acceptors (Lipinski definition) is 4. The number of hydrogen-bond donors (Lipinski definition) is 2. The average molecular weight is 211 g/mol. The zero-order valence-corrected chi connectivity index (χ0v) is 9.05. The Kier molecular flexibility index (Phi) is 7.51. The summed E-state index contributed by atoms with van der Waals surface area (Å²) in [5.41, 5.74) is 0. The van der Waals surface area contributed by atoms with E-state index in [1.165, 1.54) is 0 Å². The molecule has 0 aromatic rings. The third-order valence-electron chi connectivity index (χ3n) is 1.24. The third-order valence-corrected chi connectivity index (χ3v) is 3.05. The Morgan fingerprint density at radius 3 is 2.23 bits per heavy atom. The van der Waals surface area contributed by atoms with E-state index in [4.69, 9.17) is 14.2 Å². The minimum absolute atomic E-state index is 0.0608. The molecule has 80 valence electrons. The predicted molar refractivity (Wildman–Crippen MR) is 50.6 cm³/mol. The first kappa shape index (κ1) is 13.1. The van der Waals surface area contributed by atoms with E-state index in [9.17, 15) is 4.57 Å². The van der Waals surface area contributed by atoms with E-state index in [1.54, 1.807) is 13.8 Å². The van der Waals surface area contributed by atoms with Crippen LogP contribution in [-0.4, -0.2) is 31.5 Å². The molecule has 0 atom stereocenters. The molecule has 0 aliphatic carbocycles. The predicted octanol–water partition coefficient (Wildman–Crippen LogP) is 1.14. The summed E-state index contributed by atoms with van der Waals surface area (Å²) in [6.07, 6.45) is 0.532. The molecule has 0 aromatic carbocycles. The fraction of sp³-hybridized carbons (Fsp3) is 1.00. The third kappa shape index (κ3) is 6.18. The molecule has 0 unspecified atom stereocenters. The molecule has 2 N–H and O–H groups in total. The SMILES string of the molecule is CCOP(=O)(NCCCO)OCC. The molecule has 0 aliphatic heterocycles. The van der Waals surface area contributed by atoms with Crippen LogP contribution in [0.2, 0.25) is 0 Å². The van der Waals surface area contributed by atoms with Crippen LogP contribution < -0.4 is 5.09 Å². The molecule has 5 nitrogen and oxygen atoms in total. The maximum absolute atomic E-state index is 11.7. The van der Waals surface area contributed by atoms with Crippen LogP contribution in [0.25, 0.3) is 0 Å². The van der Waals surface area contributed by atoms with Crippen molar-refractivity contribution in [1.29, 1.82) is 0 Å². The molecule has 0 spiro atoms. The Bertz CT molecular complexity index is 155. The quantitative estimate of drug-likeness (QED) is 0.465. The molecule has 6 heteroatoms. The van der Waals surface area contributed by atoms with Gasteiger partial charge in [0, 0.05) is 13.2 Å². The van der Waals surface area contributed by atoms with Crippen LogP contribution in [0.15, 0.2) is 0 Å². The normalized spacial score (nSPS) is 11.9. The Morgan fingerprint density at radius 1 is 1.31 bits per heavy atom. The van der Waals surface area contributed by atoms with Crippen molar-refractivity contribution < 1.29 is 18.7 Å². The molecular weight excluding hydrogens is 193 g/mol. The molecule has 0 aromatic heterocycles. The van der Waals surface area contributed by atoms with Crippen molar-refractivity contribution in [3.8, 4) is 0 Å². The Hall–Kier alpha value is 0.0700. The van der Waals surface area contributed by atoms with Crippen LogP contribution in [-0.2, 0) is 13.6 Å². The van der Waals surface area contributed by atoms with Crippen molar-refractivity contribution >= 4 is 7.75 Å². The van der Waals surface area contributed by atoms with E-state index < -0.39 is 7.75 Å². The van der Waals surface area contributed by atoms with Crippen LogP contribution >= 0.6 is 7.75 Å². The first-order valence-corrected chi connectivity index (χ1v) is 5.98. The van der Waals surface area contributed by atoms with E-state index in [0.29, 0.717) is 26.2 Å². The molecule has 0 saturated heterocycles. The van der Waals surface area contributed by atoms with Crippen molar-refractivity contribution in [3.05, 3.63) is 0 Å². The van der Waals surface area contributed by atoms with Crippen LogP contribution in [0.5, 0.6) is 0 Å². The van der Waals surface area contributed by atoms with Crippen LogP contribution in [0.1, 0.15) is 20.3 Å². The molecule has 0 aliphatic rings. The topological polar surface area (TPSA) is 67.8 Å². The fourth-order valence-corrected chi connectivity index (χ4v) is 2.13. The molecule has 0 saturated carbocycles. The van der Waals surface area contributed by atoms with Gasteiger partial charge in [-0.15, -0.1) is 0 Å². The van der Waals surface area contributed by atoms with Gasteiger partial charge >= 0.3 is 7.75 Å². The molecule has 0 fully saturated rings. The van der Waals surface area contributed by atoms with Crippen molar-refractivity contribution in [2.45, 2.75) is 20.3 Å². The highest BCUT2D eigenvalue weighted by Gasteiger charge is 2.21. The Morgan fingerprint density at radius 2 is 1.85 bits per heavy atom. The summed E-state index contributed by atoms with van der Waals surface area (Å²) in [4.78, 5) is 0. The Balaban J connectivity index is 3.85. The Labute approximate surface area is 79.0 Å². The highest BCUT2D eigenvalue weighted by Crippen LogP contribution is 2.42. The van der Waals surface area contributed by atoms with Crippen LogP contribution in [0.3, 0.4) is 0 Å². The lowest BCUT2D eigenvalue weighted by molar-refractivity contribution is 0.209. The number of aliphatic hydroxyl groups is 1. The lowest BCUT2D eigenvalue weighted by atomic mass is 10.5. The van der Waals surface area contributed by atoms with Gasteiger partial charge in [0.1, 0.15) is 0 Å². The average Bonchev–Trinajstić information content (AvgIpc) is 2.05. The van der Waals surface area contributed by atoms with Gasteiger partial charge in [0.25, 0.3) is 0 Å². The summed E-state index contributed by atoms with van der Waals surface area (Å²) in [5, 5.41) is 11.2. The monoisotopic (exact) mass is 211 g/mol. The van der Waals surface area contributed by atoms with Gasteiger partial charge in [0.2, 0.25) is 0 Å². The lowest BCUT2D eigenvalue weighted by Crippen LogP contribution is -2.17. The van der Waals surface area contributed by atoms with Crippen molar-refractivity contribution in [2.24, 2.45) is 0 Å². The van der Waals surface area contributed by atoms with E-state index in [1.807, 2.05) is 0 Å². The van der Waals surface area contributed by atoms with Gasteiger partial charge in [0.15, 0.2) is 0 Å². The van der Waals surface area contributed by atoms with Crippen molar-refractivity contribution in [1.82, 2.24) is 5.09 Å². The molecular formula is C7H18NO4P. The van der Waals surface area contributed by atoms with Gasteiger partial charge in [-0.25, -0.2) is 9.65 Å². The van der Waals surface area contributed by atoms with Gasteiger partial charge in [-0.3, -0.25) is 9.05 Å². The van der Waals surface area contributed by atoms with Crippen LogP contribution in [0.4, 0.5) is 0 Å². The lowest BCUT2D eigenvalue weighted by Gasteiger charge is -2.17. The second-order valence-electron chi connectivity index (χ2n) is 2.32. The van der Waals surface area contributed by atoms with Gasteiger partial charge in [-0.1, -0.05) is 0 Å². The summed E-state index contributed by atoms with van der Waals surface area (Å²) >= 11 is 0. The van der Waals surface area contributed by atoms with E-state index in [2.05, 4.69) is 5.09 Å². The summed E-state index contributed by atoms with van der Waals surface area (Å²) in [5.74, 6) is 0. The zero-order chi connectivity index (χ0) is 10.2. The van der Waals surface area contributed by atoms with E-state index in [-0.39, 0.29) is 6.61 Å². The summed E-state index contributed by atoms with van der Waals surface area (Å²) in [7, 11) is -3.11. The van der Waals surface area contributed by atoms with Gasteiger partial charge in [0.05, 0.1) is 13.2 Å². The number of aliphatic hydroxyl groups excluding tert-OH is 1. The maximum atomic E-state index is 11.7. The second kappa shape index (κ2) is 7.47. The molecule has 0 rings (SSSR count). The van der Waals surface area contributed by atoms with Crippen molar-refractivity contribution in [3.63, 3.8) is 0 Å². The largest absolute Gasteiger partial charge is 0.405 e. The maximum Gasteiger partial charge on any atom is 0.405 e. The first-order valence-electron chi connectivity index (χ1n) is 4.43. The summed E-state index contributed by atoms with van der Waals surface area (Å²) in [6, 6.07) is 0. The first-order chi connectivity index (χ1) is 6.18. The van der Waals surface area contributed by atoms with Crippen molar-refractivity contribution in [2.75, 3.05) is 26.4 Å². The van der Waals surface area contributed by atoms with Gasteiger partial charge in [-0.2, -0.15) is 0 Å². The minimum Gasteiger partial charge on any atom is -0.396 e. The highest BCUT2D eigenvalue weighted by atomic mass is 31.2. The summed E-state index contributed by atoms with van der Waals surface area (Å²) < 4.78 is 21.6. The fourth-order valence-electron chi connectivity index (χ4n) is 0.764. The minimum atomic E-state index is -3.11. The molecule has 0 radical (unpaired) electrons. The van der Waals surface area contributed by atoms with E-state index in [0.717, 1.165) is 0 Å². The highest BCUT2D eigenvalue weighted by molar-refractivity contribution is 7.51. The molecule has 0 amide bonds. The van der Waals surface area contributed by atoms with E-state index >= 15 is 0 Å². The van der Waals surface area contributed by atoms with Gasteiger partial charge in [-0.05, 0) is 20.3 Å². The zero-order valence-electron chi connectivity index (χ0n) is 8.15. The molecule has 0 heterocycles. The number of rotatable bonds is 8. The van der Waals surface area contributed by atoms with Gasteiger partial charge < -0.3 is 5.11 Å². The summed E-state index contributed by atoms with van der Waals surface area (Å²) in [6.45, 7) is 4.66. The second-order valence-corrected chi connectivity index (χ2v) is 4.15. The van der Waals surface area contributed by atoms with Crippen LogP contribution in [0, 0.1) is 0 Å². The standard InChI is InChI=1S/C7H18NO4P/c1-3-11-13(10,12-4-2)8-6-5-7-9/h9H,3-7H2,1-2H3,(H,8,10).